The first-order valence-electron chi connectivity index (χ1n) is 11.9. The molecule has 0 heterocycles. The number of methoxy groups -OCH3 is 3. The van der Waals surface area contributed by atoms with Crippen LogP contribution in [-0.2, 0) is 26.2 Å². The number of anilines is 1. The summed E-state index contributed by atoms with van der Waals surface area (Å²) < 4.78 is 42.6. The summed E-state index contributed by atoms with van der Waals surface area (Å²) in [5.74, 6) is 0.341. The topological polar surface area (TPSA) is 114 Å². The molecule has 0 aliphatic rings. The molecule has 0 aliphatic carbocycles. The number of amides is 2. The molecule has 0 unspecified atom stereocenters. The van der Waals surface area contributed by atoms with Crippen LogP contribution in [-0.4, -0.2) is 71.3 Å². The Balaban J connectivity index is 2.49. The summed E-state index contributed by atoms with van der Waals surface area (Å²) in [6.45, 7) is 4.96. The van der Waals surface area contributed by atoms with Crippen LogP contribution >= 0.6 is 0 Å². The van der Waals surface area contributed by atoms with Crippen molar-refractivity contribution >= 4 is 27.5 Å². The lowest BCUT2D eigenvalue weighted by Crippen LogP contribution is -2.52. The highest BCUT2D eigenvalue weighted by Gasteiger charge is 2.31. The zero-order valence-corrected chi connectivity index (χ0v) is 23.3. The van der Waals surface area contributed by atoms with Crippen LogP contribution in [0.2, 0.25) is 0 Å². The summed E-state index contributed by atoms with van der Waals surface area (Å²) in [6, 6.07) is 10.8. The Morgan fingerprint density at radius 1 is 0.973 bits per heavy atom. The second kappa shape index (κ2) is 13.2. The van der Waals surface area contributed by atoms with Crippen molar-refractivity contribution in [1.82, 2.24) is 10.2 Å². The first kappa shape index (κ1) is 29.8. The van der Waals surface area contributed by atoms with Gasteiger partial charge in [0.05, 0.1) is 33.3 Å². The molecule has 0 fully saturated rings. The van der Waals surface area contributed by atoms with Gasteiger partial charge in [0.25, 0.3) is 0 Å². The fraction of sp³-hybridized carbons (Fsp3) is 0.462. The number of benzene rings is 2. The van der Waals surface area contributed by atoms with Gasteiger partial charge in [0.15, 0.2) is 0 Å². The first-order valence-corrected chi connectivity index (χ1v) is 13.7. The summed E-state index contributed by atoms with van der Waals surface area (Å²) >= 11 is 0. The van der Waals surface area contributed by atoms with Gasteiger partial charge in [-0.15, -0.1) is 0 Å². The minimum Gasteiger partial charge on any atom is -0.497 e. The van der Waals surface area contributed by atoms with Gasteiger partial charge in [0.1, 0.15) is 29.8 Å². The third-order valence-electron chi connectivity index (χ3n) is 5.99. The van der Waals surface area contributed by atoms with Gasteiger partial charge in [-0.3, -0.25) is 13.9 Å². The lowest BCUT2D eigenvalue weighted by Gasteiger charge is -2.32. The quantitative estimate of drug-likeness (QED) is 0.419. The monoisotopic (exact) mass is 535 g/mol. The average Bonchev–Trinajstić information content (AvgIpc) is 2.88. The van der Waals surface area contributed by atoms with Crippen molar-refractivity contribution in [3.05, 3.63) is 48.0 Å². The fourth-order valence-electron chi connectivity index (χ4n) is 3.60. The van der Waals surface area contributed by atoms with Crippen LogP contribution < -0.4 is 23.8 Å². The molecule has 1 N–H and O–H groups in total. The Labute approximate surface area is 219 Å². The van der Waals surface area contributed by atoms with E-state index in [9.17, 15) is 18.0 Å². The van der Waals surface area contributed by atoms with Crippen LogP contribution in [0.25, 0.3) is 0 Å². The van der Waals surface area contributed by atoms with Crippen LogP contribution in [0.3, 0.4) is 0 Å². The van der Waals surface area contributed by atoms with Crippen LogP contribution in [0.1, 0.15) is 32.8 Å². The molecule has 10 nitrogen and oxygen atoms in total. The molecule has 0 spiro atoms. The molecule has 0 saturated carbocycles. The van der Waals surface area contributed by atoms with Gasteiger partial charge >= 0.3 is 0 Å². The van der Waals surface area contributed by atoms with Crippen molar-refractivity contribution in [2.24, 2.45) is 0 Å². The van der Waals surface area contributed by atoms with Gasteiger partial charge in [0, 0.05) is 18.7 Å². The number of hydrogen-bond acceptors (Lipinski definition) is 7. The van der Waals surface area contributed by atoms with E-state index in [1.54, 1.807) is 37.3 Å². The van der Waals surface area contributed by atoms with E-state index in [2.05, 4.69) is 5.32 Å². The minimum absolute atomic E-state index is 0.0674. The van der Waals surface area contributed by atoms with Crippen LogP contribution in [0.5, 0.6) is 17.2 Å². The summed E-state index contributed by atoms with van der Waals surface area (Å²) in [4.78, 5) is 28.1. The van der Waals surface area contributed by atoms with Gasteiger partial charge < -0.3 is 24.4 Å². The van der Waals surface area contributed by atoms with Gasteiger partial charge in [-0.1, -0.05) is 19.1 Å². The van der Waals surface area contributed by atoms with E-state index in [0.717, 1.165) is 22.5 Å². The maximum atomic E-state index is 13.7. The largest absolute Gasteiger partial charge is 0.497 e. The second-order valence-electron chi connectivity index (χ2n) is 8.67. The molecular formula is C26H37N3O7S. The molecule has 11 heteroatoms. The Morgan fingerprint density at radius 3 is 2.19 bits per heavy atom. The predicted octanol–water partition coefficient (Wildman–Crippen LogP) is 2.81. The molecule has 0 aromatic heterocycles. The molecule has 2 amide bonds. The first-order chi connectivity index (χ1) is 17.4. The van der Waals surface area contributed by atoms with E-state index in [1.807, 2.05) is 19.9 Å². The van der Waals surface area contributed by atoms with E-state index in [1.165, 1.54) is 32.3 Å². The van der Waals surface area contributed by atoms with Crippen LogP contribution in [0.4, 0.5) is 5.69 Å². The summed E-state index contributed by atoms with van der Waals surface area (Å²) in [6.07, 6.45) is 1.73. The number of nitrogens with zero attached hydrogens (tertiary/aromatic N) is 2. The number of sulfonamides is 1. The van der Waals surface area contributed by atoms with Crippen molar-refractivity contribution < 1.29 is 32.2 Å². The minimum atomic E-state index is -3.93. The number of ether oxygens (including phenoxy) is 3. The van der Waals surface area contributed by atoms with Gasteiger partial charge in [0.2, 0.25) is 21.8 Å². The zero-order chi connectivity index (χ0) is 27.8. The summed E-state index contributed by atoms with van der Waals surface area (Å²) in [5.41, 5.74) is 0.872. The Hall–Kier alpha value is -3.47. The van der Waals surface area contributed by atoms with E-state index in [4.69, 9.17) is 14.2 Å². The standard InChI is InChI=1S/C26H37N3O7S/c1-8-18(2)27-26(31)19(3)28(16-20-10-9-11-21(14-20)34-4)25(30)17-29(37(7,32)33)23-15-22(35-5)12-13-24(23)36-6/h9-15,18-19H,8,16-17H2,1-7H3,(H,27,31)/t18-,19+/m1/s1. The number of carbonyl (C=O) groups excluding carboxylic acids is 2. The zero-order valence-electron chi connectivity index (χ0n) is 22.5. The third kappa shape index (κ3) is 8.01. The third-order valence-corrected chi connectivity index (χ3v) is 7.12. The molecule has 0 saturated heterocycles. The Morgan fingerprint density at radius 2 is 1.62 bits per heavy atom. The molecule has 2 aromatic carbocycles. The van der Waals surface area contributed by atoms with Crippen molar-refractivity contribution in [3.8, 4) is 17.2 Å². The molecule has 2 atom stereocenters. The fourth-order valence-corrected chi connectivity index (χ4v) is 4.45. The van der Waals surface area contributed by atoms with E-state index >= 15 is 0 Å². The van der Waals surface area contributed by atoms with E-state index in [0.29, 0.717) is 11.5 Å². The SMILES string of the molecule is CC[C@@H](C)NC(=O)[C@H](C)N(Cc1cccc(OC)c1)C(=O)CN(c1cc(OC)ccc1OC)S(C)(=O)=O. The highest BCUT2D eigenvalue weighted by molar-refractivity contribution is 7.92. The highest BCUT2D eigenvalue weighted by atomic mass is 32.2. The van der Waals surface area contributed by atoms with Gasteiger partial charge in [-0.05, 0) is 50.1 Å². The predicted molar refractivity (Wildman–Crippen MR) is 143 cm³/mol. The molecular weight excluding hydrogens is 498 g/mol. The molecule has 0 bridgehead atoms. The smallest absolute Gasteiger partial charge is 0.244 e. The van der Waals surface area contributed by atoms with Gasteiger partial charge in [-0.2, -0.15) is 0 Å². The van der Waals surface area contributed by atoms with E-state index in [-0.39, 0.29) is 29.9 Å². The number of carbonyl (C=O) groups is 2. The van der Waals surface area contributed by atoms with Crippen molar-refractivity contribution in [2.75, 3.05) is 38.4 Å². The number of nitrogens with one attached hydrogen (secondary N) is 1. The lowest BCUT2D eigenvalue weighted by molar-refractivity contribution is -0.139. The van der Waals surface area contributed by atoms with Gasteiger partial charge in [-0.25, -0.2) is 8.42 Å². The summed E-state index contributed by atoms with van der Waals surface area (Å²) in [7, 11) is 0.471. The number of rotatable bonds is 13. The normalized spacial score (nSPS) is 12.7. The molecule has 0 radical (unpaired) electrons. The van der Waals surface area contributed by atoms with Crippen molar-refractivity contribution in [2.45, 2.75) is 45.8 Å². The van der Waals surface area contributed by atoms with Crippen LogP contribution in [0.15, 0.2) is 42.5 Å². The maximum Gasteiger partial charge on any atom is 0.244 e. The molecule has 0 aliphatic heterocycles. The maximum absolute atomic E-state index is 13.7. The highest BCUT2D eigenvalue weighted by Crippen LogP contribution is 2.34. The Bertz CT molecular complexity index is 1190. The lowest BCUT2D eigenvalue weighted by atomic mass is 10.1. The second-order valence-corrected chi connectivity index (χ2v) is 10.6. The number of hydrogen-bond donors (Lipinski definition) is 1. The molecule has 2 aromatic rings. The molecule has 37 heavy (non-hydrogen) atoms. The molecule has 2 rings (SSSR count). The summed E-state index contributed by atoms with van der Waals surface area (Å²) in [5, 5.41) is 2.90. The van der Waals surface area contributed by atoms with Crippen molar-refractivity contribution in [3.63, 3.8) is 0 Å². The Kier molecular flexibility index (Phi) is 10.6. The van der Waals surface area contributed by atoms with E-state index < -0.39 is 28.5 Å². The van der Waals surface area contributed by atoms with Crippen LogP contribution in [0, 0.1) is 0 Å². The average molecular weight is 536 g/mol. The molecule has 204 valence electrons. The van der Waals surface area contributed by atoms with Crippen molar-refractivity contribution in [1.29, 1.82) is 0 Å².